The van der Waals surface area contributed by atoms with E-state index in [2.05, 4.69) is 9.97 Å². The van der Waals surface area contributed by atoms with Gasteiger partial charge in [0.05, 0.1) is 17.3 Å². The first-order chi connectivity index (χ1) is 15.5. The molecule has 4 nitrogen and oxygen atoms in total. The SMILES string of the molecule is Cc1cc([C@@H]2C[C@@H](c3cc4nc(C)ccc4c(-c4ccc(F)cc4F)n3)CCO2)ccn1. The molecule has 5 rings (SSSR count). The molecule has 162 valence electrons. The molecule has 1 saturated heterocycles. The van der Waals surface area contributed by atoms with Crippen LogP contribution in [0.25, 0.3) is 22.2 Å². The Hall–Kier alpha value is -3.25. The van der Waals surface area contributed by atoms with Gasteiger partial charge < -0.3 is 4.74 Å². The van der Waals surface area contributed by atoms with Gasteiger partial charge in [-0.3, -0.25) is 15.0 Å². The molecule has 1 aliphatic heterocycles. The molecule has 4 aromatic rings. The Kier molecular flexibility index (Phi) is 5.39. The molecule has 0 radical (unpaired) electrons. The largest absolute Gasteiger partial charge is 0.373 e. The Labute approximate surface area is 185 Å². The number of benzene rings is 1. The quantitative estimate of drug-likeness (QED) is 0.386. The maximum absolute atomic E-state index is 14.7. The van der Waals surface area contributed by atoms with E-state index < -0.39 is 11.6 Å². The van der Waals surface area contributed by atoms with Crippen LogP contribution >= 0.6 is 0 Å². The molecule has 0 unspecified atom stereocenters. The number of fused-ring (bicyclic) bond motifs is 1. The summed E-state index contributed by atoms with van der Waals surface area (Å²) in [6.45, 7) is 4.50. The second kappa shape index (κ2) is 8.36. The molecule has 0 spiro atoms. The van der Waals surface area contributed by atoms with Gasteiger partial charge in [0.1, 0.15) is 11.6 Å². The van der Waals surface area contributed by atoms with Crippen LogP contribution in [0.5, 0.6) is 0 Å². The lowest BCUT2D eigenvalue weighted by Crippen LogP contribution is -2.20. The minimum absolute atomic E-state index is 0.0515. The third-order valence-electron chi connectivity index (χ3n) is 6.03. The van der Waals surface area contributed by atoms with Crippen LogP contribution in [0.4, 0.5) is 8.78 Å². The molecule has 1 aromatic carbocycles. The standard InChI is InChI=1S/C26H23F2N3O/c1-15-3-5-21-24(30-15)14-23(31-26(21)20-6-4-19(27)13-22(20)28)17-8-10-32-25(12-17)18-7-9-29-16(2)11-18/h3-7,9,11,13-14,17,25H,8,10,12H2,1-2H3/t17-,25-/m0/s1. The van der Waals surface area contributed by atoms with Crippen molar-refractivity contribution in [2.75, 3.05) is 6.61 Å². The van der Waals surface area contributed by atoms with Crippen LogP contribution in [0.3, 0.4) is 0 Å². The van der Waals surface area contributed by atoms with Crippen molar-refractivity contribution < 1.29 is 13.5 Å². The molecule has 1 aliphatic rings. The smallest absolute Gasteiger partial charge is 0.135 e. The number of hydrogen-bond acceptors (Lipinski definition) is 4. The van der Waals surface area contributed by atoms with Crippen molar-refractivity contribution in [3.05, 3.63) is 89.0 Å². The average Bonchev–Trinajstić information content (AvgIpc) is 2.78. The molecule has 1 fully saturated rings. The van der Waals surface area contributed by atoms with E-state index in [1.165, 1.54) is 12.1 Å². The number of aromatic nitrogens is 3. The van der Waals surface area contributed by atoms with E-state index in [9.17, 15) is 8.78 Å². The molecule has 2 atom stereocenters. The lowest BCUT2D eigenvalue weighted by Gasteiger charge is -2.30. The third kappa shape index (κ3) is 3.98. The summed E-state index contributed by atoms with van der Waals surface area (Å²) < 4.78 is 34.3. The maximum atomic E-state index is 14.7. The van der Waals surface area contributed by atoms with Crippen LogP contribution < -0.4 is 0 Å². The molecule has 3 aromatic heterocycles. The molecule has 4 heterocycles. The Morgan fingerprint density at radius 3 is 2.62 bits per heavy atom. The lowest BCUT2D eigenvalue weighted by atomic mass is 9.88. The van der Waals surface area contributed by atoms with Crippen molar-refractivity contribution in [1.82, 2.24) is 15.0 Å². The molecule has 32 heavy (non-hydrogen) atoms. The summed E-state index contributed by atoms with van der Waals surface area (Å²) in [4.78, 5) is 13.8. The number of aryl methyl sites for hydroxylation is 2. The third-order valence-corrected chi connectivity index (χ3v) is 6.03. The van der Waals surface area contributed by atoms with Crippen molar-refractivity contribution in [2.45, 2.75) is 38.7 Å². The van der Waals surface area contributed by atoms with E-state index in [0.717, 1.165) is 52.5 Å². The number of halogens is 2. The monoisotopic (exact) mass is 431 g/mol. The summed E-state index contributed by atoms with van der Waals surface area (Å²) in [5, 5.41) is 0.748. The van der Waals surface area contributed by atoms with Crippen LogP contribution in [-0.4, -0.2) is 21.6 Å². The Bertz CT molecular complexity index is 1310. The summed E-state index contributed by atoms with van der Waals surface area (Å²) in [5.74, 6) is -1.11. The van der Waals surface area contributed by atoms with Gasteiger partial charge in [0.15, 0.2) is 0 Å². The van der Waals surface area contributed by atoms with Gasteiger partial charge >= 0.3 is 0 Å². The van der Waals surface area contributed by atoms with Crippen LogP contribution in [0.15, 0.2) is 54.7 Å². The van der Waals surface area contributed by atoms with Gasteiger partial charge in [0.25, 0.3) is 0 Å². The number of nitrogens with zero attached hydrogens (tertiary/aromatic N) is 3. The van der Waals surface area contributed by atoms with Crippen LogP contribution in [0.2, 0.25) is 0 Å². The first kappa shape index (κ1) is 20.6. The summed E-state index contributed by atoms with van der Waals surface area (Å²) in [7, 11) is 0. The van der Waals surface area contributed by atoms with E-state index in [0.29, 0.717) is 12.3 Å². The molecule has 0 aliphatic carbocycles. The normalized spacial score (nSPS) is 18.8. The van der Waals surface area contributed by atoms with E-state index in [1.807, 2.05) is 44.2 Å². The Morgan fingerprint density at radius 1 is 0.938 bits per heavy atom. The second-order valence-corrected chi connectivity index (χ2v) is 8.35. The fourth-order valence-electron chi connectivity index (χ4n) is 4.41. The highest BCUT2D eigenvalue weighted by atomic mass is 19.1. The highest BCUT2D eigenvalue weighted by Crippen LogP contribution is 2.39. The highest BCUT2D eigenvalue weighted by Gasteiger charge is 2.27. The lowest BCUT2D eigenvalue weighted by molar-refractivity contribution is 0.00460. The number of ether oxygens (including phenoxy) is 1. The van der Waals surface area contributed by atoms with Gasteiger partial charge in [-0.1, -0.05) is 0 Å². The summed E-state index contributed by atoms with van der Waals surface area (Å²) in [5.41, 5.74) is 5.30. The predicted molar refractivity (Wildman–Crippen MR) is 119 cm³/mol. The predicted octanol–water partition coefficient (Wildman–Crippen LogP) is 6.22. The minimum atomic E-state index is -0.631. The number of pyridine rings is 3. The first-order valence-electron chi connectivity index (χ1n) is 10.8. The van der Waals surface area contributed by atoms with Crippen LogP contribution in [0.1, 0.15) is 47.5 Å². The molecule has 6 heteroatoms. The summed E-state index contributed by atoms with van der Waals surface area (Å²) >= 11 is 0. The van der Waals surface area contributed by atoms with Crippen molar-refractivity contribution >= 4 is 10.9 Å². The van der Waals surface area contributed by atoms with Gasteiger partial charge in [-0.15, -0.1) is 0 Å². The van der Waals surface area contributed by atoms with Gasteiger partial charge in [-0.05, 0) is 74.7 Å². The topological polar surface area (TPSA) is 47.9 Å². The highest BCUT2D eigenvalue weighted by molar-refractivity contribution is 5.93. The van der Waals surface area contributed by atoms with Crippen molar-refractivity contribution in [2.24, 2.45) is 0 Å². The van der Waals surface area contributed by atoms with Gasteiger partial charge in [0, 0.05) is 52.8 Å². The van der Waals surface area contributed by atoms with Crippen molar-refractivity contribution in [3.8, 4) is 11.3 Å². The number of hydrogen-bond donors (Lipinski definition) is 0. The maximum Gasteiger partial charge on any atom is 0.135 e. The first-order valence-corrected chi connectivity index (χ1v) is 10.8. The summed E-state index contributed by atoms with van der Waals surface area (Å²) in [6.07, 6.45) is 3.33. The fourth-order valence-corrected chi connectivity index (χ4v) is 4.41. The minimum Gasteiger partial charge on any atom is -0.373 e. The molecule has 0 saturated carbocycles. The fraction of sp³-hybridized carbons (Fsp3) is 0.269. The zero-order valence-electron chi connectivity index (χ0n) is 18.0. The molecule has 0 bridgehead atoms. The molecular weight excluding hydrogens is 408 g/mol. The molecule has 0 amide bonds. The van der Waals surface area contributed by atoms with Crippen LogP contribution in [0, 0.1) is 25.5 Å². The molecule has 0 N–H and O–H groups in total. The van der Waals surface area contributed by atoms with Crippen molar-refractivity contribution in [3.63, 3.8) is 0 Å². The molecular formula is C26H23F2N3O. The van der Waals surface area contributed by atoms with Gasteiger partial charge in [-0.2, -0.15) is 0 Å². The second-order valence-electron chi connectivity index (χ2n) is 8.35. The Morgan fingerprint density at radius 2 is 1.81 bits per heavy atom. The van der Waals surface area contributed by atoms with E-state index in [4.69, 9.17) is 9.72 Å². The van der Waals surface area contributed by atoms with Gasteiger partial charge in [0.2, 0.25) is 0 Å². The zero-order valence-corrected chi connectivity index (χ0v) is 18.0. The summed E-state index contributed by atoms with van der Waals surface area (Å²) in [6, 6.07) is 13.4. The van der Waals surface area contributed by atoms with E-state index >= 15 is 0 Å². The van der Waals surface area contributed by atoms with E-state index in [1.54, 1.807) is 6.20 Å². The number of rotatable bonds is 3. The van der Waals surface area contributed by atoms with E-state index in [-0.39, 0.29) is 17.6 Å². The zero-order chi connectivity index (χ0) is 22.2. The van der Waals surface area contributed by atoms with Crippen molar-refractivity contribution in [1.29, 1.82) is 0 Å². The Balaban J connectivity index is 1.59. The average molecular weight is 431 g/mol. The van der Waals surface area contributed by atoms with Crippen LogP contribution in [-0.2, 0) is 4.74 Å². The van der Waals surface area contributed by atoms with Gasteiger partial charge in [-0.25, -0.2) is 8.78 Å².